The van der Waals surface area contributed by atoms with Gasteiger partial charge in [0.2, 0.25) is 0 Å². The van der Waals surface area contributed by atoms with Gasteiger partial charge in [0, 0.05) is 36.0 Å². The molecule has 2 aliphatic rings. The first-order valence-corrected chi connectivity index (χ1v) is 10.2. The van der Waals surface area contributed by atoms with Crippen LogP contribution in [0.4, 0.5) is 0 Å². The highest BCUT2D eigenvalue weighted by Gasteiger charge is 2.26. The summed E-state index contributed by atoms with van der Waals surface area (Å²) in [5.74, 6) is 1.97. The van der Waals surface area contributed by atoms with Crippen LogP contribution in [0.3, 0.4) is 0 Å². The zero-order valence-electron chi connectivity index (χ0n) is 16.0. The zero-order chi connectivity index (χ0) is 18.1. The Morgan fingerprint density at radius 1 is 1.15 bits per heavy atom. The van der Waals surface area contributed by atoms with Crippen molar-refractivity contribution in [1.29, 1.82) is 0 Å². The van der Waals surface area contributed by atoms with Crippen LogP contribution >= 0.6 is 0 Å². The summed E-state index contributed by atoms with van der Waals surface area (Å²) in [5.41, 5.74) is 2.31. The number of aliphatic hydroxyl groups is 1. The molecule has 4 nitrogen and oxygen atoms in total. The lowest BCUT2D eigenvalue weighted by Gasteiger charge is -2.40. The highest BCUT2D eigenvalue weighted by molar-refractivity contribution is 5.84. The van der Waals surface area contributed by atoms with Crippen molar-refractivity contribution in [2.45, 2.75) is 77.0 Å². The number of furan rings is 1. The molecule has 0 radical (unpaired) electrons. The molecule has 0 spiro atoms. The number of hydrogen-bond donors (Lipinski definition) is 1. The molecule has 142 valence electrons. The van der Waals surface area contributed by atoms with Gasteiger partial charge in [0.15, 0.2) is 0 Å². The molecule has 3 atom stereocenters. The Morgan fingerprint density at radius 3 is 2.73 bits per heavy atom. The summed E-state index contributed by atoms with van der Waals surface area (Å²) in [4.78, 5) is 2.42. The fourth-order valence-electron chi connectivity index (χ4n) is 4.65. The third-order valence-corrected chi connectivity index (χ3v) is 6.17. The fourth-order valence-corrected chi connectivity index (χ4v) is 4.65. The monoisotopic (exact) mass is 357 g/mol. The van der Waals surface area contributed by atoms with E-state index < -0.39 is 6.10 Å². The van der Waals surface area contributed by atoms with E-state index in [0.717, 1.165) is 29.9 Å². The number of rotatable bonds is 5. The van der Waals surface area contributed by atoms with Crippen molar-refractivity contribution in [3.05, 3.63) is 29.5 Å². The molecule has 4 rings (SSSR count). The lowest BCUT2D eigenvalue weighted by molar-refractivity contribution is 0.0209. The molecule has 1 aliphatic heterocycles. The predicted octanol–water partition coefficient (Wildman–Crippen LogP) is 4.31. The van der Waals surface area contributed by atoms with Crippen molar-refractivity contribution in [3.63, 3.8) is 0 Å². The Hall–Kier alpha value is -1.52. The van der Waals surface area contributed by atoms with Crippen LogP contribution < -0.4 is 4.74 Å². The van der Waals surface area contributed by atoms with Gasteiger partial charge in [-0.3, -0.25) is 4.90 Å². The summed E-state index contributed by atoms with van der Waals surface area (Å²) in [6.07, 6.45) is 7.87. The summed E-state index contributed by atoms with van der Waals surface area (Å²) in [5, 5.41) is 11.7. The van der Waals surface area contributed by atoms with Crippen molar-refractivity contribution in [2.24, 2.45) is 0 Å². The number of aliphatic hydroxyl groups excluding tert-OH is 1. The molecule has 1 N–H and O–H groups in total. The summed E-state index contributed by atoms with van der Waals surface area (Å²) < 4.78 is 11.9. The molecule has 1 fully saturated rings. The normalized spacial score (nSPS) is 25.2. The Labute approximate surface area is 156 Å². The van der Waals surface area contributed by atoms with Crippen molar-refractivity contribution in [3.8, 4) is 5.75 Å². The quantitative estimate of drug-likeness (QED) is 0.866. The van der Waals surface area contributed by atoms with Crippen LogP contribution in [0.25, 0.3) is 11.0 Å². The van der Waals surface area contributed by atoms with Gasteiger partial charge in [0.1, 0.15) is 29.8 Å². The van der Waals surface area contributed by atoms with Crippen LogP contribution in [-0.4, -0.2) is 41.3 Å². The summed E-state index contributed by atoms with van der Waals surface area (Å²) in [6.45, 7) is 5.55. The topological polar surface area (TPSA) is 45.8 Å². The number of piperidine rings is 1. The molecule has 2 heterocycles. The molecule has 0 bridgehead atoms. The van der Waals surface area contributed by atoms with E-state index in [1.165, 1.54) is 43.1 Å². The van der Waals surface area contributed by atoms with Crippen LogP contribution in [-0.2, 0) is 12.8 Å². The molecule has 1 saturated heterocycles. The number of aryl methyl sites for hydroxylation is 2. The van der Waals surface area contributed by atoms with Crippen molar-refractivity contribution in [1.82, 2.24) is 4.90 Å². The molecule has 0 amide bonds. The molecular weight excluding hydrogens is 326 g/mol. The van der Waals surface area contributed by atoms with E-state index in [1.807, 2.05) is 12.1 Å². The molecule has 3 unspecified atom stereocenters. The van der Waals surface area contributed by atoms with E-state index in [9.17, 15) is 5.11 Å². The lowest BCUT2D eigenvalue weighted by Crippen LogP contribution is -2.48. The van der Waals surface area contributed by atoms with E-state index in [4.69, 9.17) is 9.15 Å². The van der Waals surface area contributed by atoms with E-state index in [2.05, 4.69) is 24.8 Å². The van der Waals surface area contributed by atoms with Gasteiger partial charge in [-0.2, -0.15) is 0 Å². The number of β-amino-alcohol motifs (C(OH)–C–C–N with tert-alkyl or cyclic N) is 1. The van der Waals surface area contributed by atoms with Gasteiger partial charge in [-0.15, -0.1) is 0 Å². The van der Waals surface area contributed by atoms with Crippen molar-refractivity contribution in [2.75, 3.05) is 13.2 Å². The van der Waals surface area contributed by atoms with Gasteiger partial charge < -0.3 is 14.3 Å². The number of fused-ring (bicyclic) bond motifs is 3. The average molecular weight is 357 g/mol. The molecule has 1 aliphatic carbocycles. The summed E-state index contributed by atoms with van der Waals surface area (Å²) in [7, 11) is 0. The Balaban J connectivity index is 1.39. The standard InChI is InChI=1S/C22H31NO3/c1-15-6-5-7-16(2)23(15)13-17(24)14-25-18-10-11-22-20(12-18)19-8-3-4-9-21(19)26-22/h10-12,15-17,24H,3-9,13-14H2,1-2H3. The van der Waals surface area contributed by atoms with Gasteiger partial charge in [-0.1, -0.05) is 6.42 Å². The largest absolute Gasteiger partial charge is 0.491 e. The highest BCUT2D eigenvalue weighted by Crippen LogP contribution is 2.34. The predicted molar refractivity (Wildman–Crippen MR) is 104 cm³/mol. The van der Waals surface area contributed by atoms with E-state index in [-0.39, 0.29) is 0 Å². The van der Waals surface area contributed by atoms with E-state index >= 15 is 0 Å². The third-order valence-electron chi connectivity index (χ3n) is 6.17. The lowest BCUT2D eigenvalue weighted by atomic mass is 9.96. The molecule has 4 heteroatoms. The van der Waals surface area contributed by atoms with Crippen LogP contribution in [0.1, 0.15) is 57.3 Å². The van der Waals surface area contributed by atoms with Crippen LogP contribution in [0.5, 0.6) is 5.75 Å². The van der Waals surface area contributed by atoms with Crippen LogP contribution in [0.15, 0.2) is 22.6 Å². The van der Waals surface area contributed by atoms with Crippen LogP contribution in [0.2, 0.25) is 0 Å². The minimum absolute atomic E-state index is 0.335. The summed E-state index contributed by atoms with van der Waals surface area (Å²) in [6, 6.07) is 7.13. The summed E-state index contributed by atoms with van der Waals surface area (Å²) >= 11 is 0. The van der Waals surface area contributed by atoms with E-state index in [0.29, 0.717) is 25.2 Å². The fraction of sp³-hybridized carbons (Fsp3) is 0.636. The molecule has 2 aromatic rings. The minimum atomic E-state index is -0.466. The van der Waals surface area contributed by atoms with Gasteiger partial charge in [0.05, 0.1) is 0 Å². The Morgan fingerprint density at radius 2 is 1.92 bits per heavy atom. The molecule has 1 aromatic heterocycles. The van der Waals surface area contributed by atoms with E-state index in [1.54, 1.807) is 0 Å². The maximum absolute atomic E-state index is 10.5. The molecule has 1 aromatic carbocycles. The highest BCUT2D eigenvalue weighted by atomic mass is 16.5. The minimum Gasteiger partial charge on any atom is -0.491 e. The van der Waals surface area contributed by atoms with Crippen molar-refractivity contribution < 1.29 is 14.3 Å². The smallest absolute Gasteiger partial charge is 0.134 e. The zero-order valence-corrected chi connectivity index (χ0v) is 16.0. The second kappa shape index (κ2) is 7.61. The molecule has 26 heavy (non-hydrogen) atoms. The van der Waals surface area contributed by atoms with Gasteiger partial charge in [-0.25, -0.2) is 0 Å². The number of likely N-dealkylation sites (tertiary alicyclic amines) is 1. The first-order valence-electron chi connectivity index (χ1n) is 10.2. The van der Waals surface area contributed by atoms with Crippen molar-refractivity contribution >= 4 is 11.0 Å². The van der Waals surface area contributed by atoms with Gasteiger partial charge in [0.25, 0.3) is 0 Å². The number of hydrogen-bond acceptors (Lipinski definition) is 4. The number of benzene rings is 1. The Kier molecular flexibility index (Phi) is 5.23. The third kappa shape index (κ3) is 3.63. The molecular formula is C22H31NO3. The molecule has 0 saturated carbocycles. The number of ether oxygens (including phenoxy) is 1. The second-order valence-corrected chi connectivity index (χ2v) is 8.16. The first kappa shape index (κ1) is 17.9. The first-order chi connectivity index (χ1) is 12.6. The van der Waals surface area contributed by atoms with Gasteiger partial charge >= 0.3 is 0 Å². The average Bonchev–Trinajstić information content (AvgIpc) is 3.01. The van der Waals surface area contributed by atoms with Crippen LogP contribution in [0, 0.1) is 0 Å². The SMILES string of the molecule is CC1CCCC(C)N1CC(O)COc1ccc2oc3c(c2c1)CCCC3. The Bertz CT molecular complexity index is 743. The maximum Gasteiger partial charge on any atom is 0.134 e. The maximum atomic E-state index is 10.5. The second-order valence-electron chi connectivity index (χ2n) is 8.16. The van der Waals surface area contributed by atoms with Gasteiger partial charge in [-0.05, 0) is 64.2 Å². The number of nitrogens with zero attached hydrogens (tertiary/aromatic N) is 1.